The van der Waals surface area contributed by atoms with Gasteiger partial charge in [-0.3, -0.25) is 9.98 Å². The Morgan fingerprint density at radius 1 is 1.00 bits per heavy atom. The summed E-state index contributed by atoms with van der Waals surface area (Å²) in [5, 5.41) is 0. The predicted octanol–water partition coefficient (Wildman–Crippen LogP) is 4.60. The first-order valence-electron chi connectivity index (χ1n) is 9.75. The van der Waals surface area contributed by atoms with Crippen LogP contribution in [0.15, 0.2) is 53.8 Å². The number of rotatable bonds is 2. The molecule has 28 heavy (non-hydrogen) atoms. The molecule has 3 aromatic rings. The van der Waals surface area contributed by atoms with Gasteiger partial charge in [-0.15, -0.1) is 0 Å². The molecule has 4 rings (SSSR count). The maximum Gasteiger partial charge on any atom is 0.220 e. The minimum Gasteiger partial charge on any atom is -0.368 e. The van der Waals surface area contributed by atoms with E-state index in [1.54, 1.807) is 0 Å². The van der Waals surface area contributed by atoms with Gasteiger partial charge in [0.1, 0.15) is 0 Å². The third kappa shape index (κ3) is 3.79. The van der Waals surface area contributed by atoms with Gasteiger partial charge < -0.3 is 5.73 Å². The number of hydrogen-bond acceptors (Lipinski definition) is 5. The lowest BCUT2D eigenvalue weighted by Gasteiger charge is -2.28. The average Bonchev–Trinajstić information content (AvgIpc) is 2.74. The number of nitrogens with zero attached hydrogens (tertiary/aromatic N) is 4. The Kier molecular flexibility index (Phi) is 6.14. The standard InChI is InChI=1S/C21H21N5.C2H6/c1-13-20-18(23-2)11-15(12-19(20)26-21(22)25-13)17-6-4-3-5-16(17)14-7-9-24-10-8-14;1-2/h3-10,15H,11-12H2,1-2H3,(H2,22,25,26);1-2H3. The number of hydrogen-bond donors (Lipinski definition) is 1. The van der Waals surface area contributed by atoms with E-state index in [2.05, 4.69) is 56.3 Å². The summed E-state index contributed by atoms with van der Waals surface area (Å²) in [6.07, 6.45) is 5.38. The van der Waals surface area contributed by atoms with Crippen molar-refractivity contribution in [2.45, 2.75) is 39.5 Å². The normalized spacial score (nSPS) is 16.9. The summed E-state index contributed by atoms with van der Waals surface area (Å²) in [4.78, 5) is 17.5. The fourth-order valence-corrected chi connectivity index (χ4v) is 3.89. The molecule has 5 nitrogen and oxygen atoms in total. The van der Waals surface area contributed by atoms with Crippen molar-refractivity contribution in [3.63, 3.8) is 0 Å². The van der Waals surface area contributed by atoms with Crippen LogP contribution >= 0.6 is 0 Å². The second-order valence-electron chi connectivity index (χ2n) is 6.59. The second kappa shape index (κ2) is 8.74. The summed E-state index contributed by atoms with van der Waals surface area (Å²) in [5.74, 6) is 0.638. The molecule has 5 heteroatoms. The highest BCUT2D eigenvalue weighted by Crippen LogP contribution is 2.38. The quantitative estimate of drug-likeness (QED) is 0.712. The number of aryl methyl sites for hydroxylation is 1. The van der Waals surface area contributed by atoms with Crippen LogP contribution in [-0.2, 0) is 6.42 Å². The Labute approximate surface area is 166 Å². The summed E-state index contributed by atoms with van der Waals surface area (Å²) in [7, 11) is 1.84. The number of nitrogens with two attached hydrogens (primary N) is 1. The second-order valence-corrected chi connectivity index (χ2v) is 6.59. The van der Waals surface area contributed by atoms with Gasteiger partial charge in [0.05, 0.1) is 11.4 Å². The lowest BCUT2D eigenvalue weighted by molar-refractivity contribution is 0.677. The fourth-order valence-electron chi connectivity index (χ4n) is 3.89. The van der Waals surface area contributed by atoms with Crippen molar-refractivity contribution >= 4 is 11.7 Å². The van der Waals surface area contributed by atoms with E-state index in [1.807, 2.05) is 40.2 Å². The van der Waals surface area contributed by atoms with Gasteiger partial charge in [-0.05, 0) is 54.5 Å². The summed E-state index contributed by atoms with van der Waals surface area (Å²) < 4.78 is 0. The van der Waals surface area contributed by atoms with Crippen molar-refractivity contribution in [2.24, 2.45) is 4.99 Å². The molecule has 1 aliphatic rings. The molecule has 0 amide bonds. The van der Waals surface area contributed by atoms with E-state index >= 15 is 0 Å². The molecule has 0 aliphatic heterocycles. The van der Waals surface area contributed by atoms with Gasteiger partial charge in [-0.25, -0.2) is 9.97 Å². The SMILES string of the molecule is CC.CN=C1CC(c2ccccc2-c2ccncc2)Cc2nc(N)nc(C)c21. The van der Waals surface area contributed by atoms with Gasteiger partial charge in [0.25, 0.3) is 0 Å². The van der Waals surface area contributed by atoms with Crippen LogP contribution in [0.5, 0.6) is 0 Å². The molecular formula is C23H27N5. The predicted molar refractivity (Wildman–Crippen MR) is 116 cm³/mol. The molecule has 0 spiro atoms. The number of aliphatic imine (C=N–C) groups is 1. The Balaban J connectivity index is 0.00000109. The lowest BCUT2D eigenvalue weighted by atomic mass is 9.78. The molecule has 0 saturated carbocycles. The number of anilines is 1. The summed E-state index contributed by atoms with van der Waals surface area (Å²) in [5.41, 5.74) is 13.7. The van der Waals surface area contributed by atoms with Crippen molar-refractivity contribution < 1.29 is 0 Å². The van der Waals surface area contributed by atoms with E-state index in [0.717, 1.165) is 35.5 Å². The van der Waals surface area contributed by atoms with E-state index in [0.29, 0.717) is 11.9 Å². The van der Waals surface area contributed by atoms with Gasteiger partial charge in [0.2, 0.25) is 5.95 Å². The van der Waals surface area contributed by atoms with E-state index in [9.17, 15) is 0 Å². The molecule has 0 saturated heterocycles. The molecule has 144 valence electrons. The number of nitrogen functional groups attached to an aromatic ring is 1. The lowest BCUT2D eigenvalue weighted by Crippen LogP contribution is -2.24. The van der Waals surface area contributed by atoms with Crippen molar-refractivity contribution in [3.05, 3.63) is 71.3 Å². The van der Waals surface area contributed by atoms with Gasteiger partial charge in [0, 0.05) is 30.7 Å². The third-order valence-corrected chi connectivity index (χ3v) is 5.01. The molecule has 0 radical (unpaired) electrons. The van der Waals surface area contributed by atoms with E-state index in [1.165, 1.54) is 16.7 Å². The first kappa shape index (κ1) is 19.7. The number of fused-ring (bicyclic) bond motifs is 1. The highest BCUT2D eigenvalue weighted by molar-refractivity contribution is 6.04. The average molecular weight is 374 g/mol. The zero-order valence-corrected chi connectivity index (χ0v) is 17.0. The topological polar surface area (TPSA) is 77.0 Å². The molecule has 2 aromatic heterocycles. The van der Waals surface area contributed by atoms with Crippen LogP contribution in [0.25, 0.3) is 11.1 Å². The van der Waals surface area contributed by atoms with Crippen LogP contribution in [0.3, 0.4) is 0 Å². The molecule has 2 heterocycles. The van der Waals surface area contributed by atoms with Crippen molar-refractivity contribution in [1.82, 2.24) is 15.0 Å². The van der Waals surface area contributed by atoms with Crippen LogP contribution in [0, 0.1) is 6.92 Å². The van der Waals surface area contributed by atoms with Crippen LogP contribution in [0.1, 0.15) is 48.7 Å². The summed E-state index contributed by atoms with van der Waals surface area (Å²) in [6, 6.07) is 12.6. The number of aromatic nitrogens is 3. The van der Waals surface area contributed by atoms with Gasteiger partial charge in [-0.2, -0.15) is 0 Å². The molecule has 0 fully saturated rings. The Morgan fingerprint density at radius 3 is 2.43 bits per heavy atom. The van der Waals surface area contributed by atoms with Gasteiger partial charge in [0.15, 0.2) is 0 Å². The van der Waals surface area contributed by atoms with Crippen molar-refractivity contribution in [1.29, 1.82) is 0 Å². The highest BCUT2D eigenvalue weighted by Gasteiger charge is 2.29. The zero-order chi connectivity index (χ0) is 20.1. The Morgan fingerprint density at radius 2 is 1.71 bits per heavy atom. The Hall–Kier alpha value is -3.08. The highest BCUT2D eigenvalue weighted by atomic mass is 15.0. The van der Waals surface area contributed by atoms with Crippen LogP contribution in [0.4, 0.5) is 5.95 Å². The minimum absolute atomic E-state index is 0.305. The molecule has 1 aliphatic carbocycles. The van der Waals surface area contributed by atoms with Gasteiger partial charge >= 0.3 is 0 Å². The minimum atomic E-state index is 0.305. The summed E-state index contributed by atoms with van der Waals surface area (Å²) in [6.45, 7) is 5.98. The van der Waals surface area contributed by atoms with Crippen LogP contribution in [-0.4, -0.2) is 27.7 Å². The molecule has 1 atom stereocenters. The van der Waals surface area contributed by atoms with E-state index in [4.69, 9.17) is 5.73 Å². The third-order valence-electron chi connectivity index (χ3n) is 5.01. The van der Waals surface area contributed by atoms with Crippen molar-refractivity contribution in [3.8, 4) is 11.1 Å². The van der Waals surface area contributed by atoms with E-state index in [-0.39, 0.29) is 0 Å². The van der Waals surface area contributed by atoms with E-state index < -0.39 is 0 Å². The maximum atomic E-state index is 5.91. The maximum absolute atomic E-state index is 5.91. The van der Waals surface area contributed by atoms with Gasteiger partial charge in [-0.1, -0.05) is 38.1 Å². The van der Waals surface area contributed by atoms with Crippen LogP contribution in [0.2, 0.25) is 0 Å². The number of benzene rings is 1. The first-order chi connectivity index (χ1) is 13.7. The molecule has 2 N–H and O–H groups in total. The molecule has 0 bridgehead atoms. The molecule has 1 aromatic carbocycles. The largest absolute Gasteiger partial charge is 0.368 e. The Bertz CT molecular complexity index is 980. The molecular weight excluding hydrogens is 346 g/mol. The number of pyridine rings is 1. The summed E-state index contributed by atoms with van der Waals surface area (Å²) >= 11 is 0. The van der Waals surface area contributed by atoms with Crippen molar-refractivity contribution in [2.75, 3.05) is 12.8 Å². The first-order valence-corrected chi connectivity index (χ1v) is 9.75. The fraction of sp³-hybridized carbons (Fsp3) is 0.304. The van der Waals surface area contributed by atoms with Crippen LogP contribution < -0.4 is 5.73 Å². The smallest absolute Gasteiger partial charge is 0.220 e. The zero-order valence-electron chi connectivity index (χ0n) is 17.0. The molecule has 1 unspecified atom stereocenters. The monoisotopic (exact) mass is 373 g/mol.